The molecule has 0 amide bonds. The van der Waals surface area contributed by atoms with Crippen molar-refractivity contribution in [3.63, 3.8) is 0 Å². The molecule has 0 saturated heterocycles. The Kier molecular flexibility index (Phi) is 9.81. The summed E-state index contributed by atoms with van der Waals surface area (Å²) in [5, 5.41) is 0. The molecule has 7 nitrogen and oxygen atoms in total. The lowest BCUT2D eigenvalue weighted by atomic mass is 9.95. The standard InChI is InChI=1S/C37H41FN4O3/c1-7-23(2)37(33(18-28-8-12-32(38)13-9-28)25(4)39-24(3)22-45-27(6)43)42-16-17-44-36-15-11-29(19-31(36)21-42)30-10-14-34-35(20-30)41-26(5)40-34/h8-15,19-20H,7,16-18,21-22H2,1-6H3,(H,40,41)/b33-25-,37-23-,39-24?. The number of hydrogen-bond donors (Lipinski definition) is 1. The molecule has 0 bridgehead atoms. The lowest BCUT2D eigenvalue weighted by molar-refractivity contribution is -0.139. The van der Waals surface area contributed by atoms with Crippen LogP contribution in [0.15, 0.2) is 88.2 Å². The van der Waals surface area contributed by atoms with Gasteiger partial charge in [-0.2, -0.15) is 0 Å². The van der Waals surface area contributed by atoms with E-state index in [0.29, 0.717) is 31.8 Å². The monoisotopic (exact) mass is 608 g/mol. The van der Waals surface area contributed by atoms with Crippen molar-refractivity contribution in [2.45, 2.75) is 60.9 Å². The number of aromatic nitrogens is 2. The van der Waals surface area contributed by atoms with E-state index in [1.54, 1.807) is 0 Å². The molecule has 4 aromatic rings. The Labute approximate surface area is 264 Å². The Balaban J connectivity index is 1.55. The molecule has 0 fully saturated rings. The molecule has 234 valence electrons. The minimum atomic E-state index is -0.345. The summed E-state index contributed by atoms with van der Waals surface area (Å²) >= 11 is 0. The van der Waals surface area contributed by atoms with Crippen LogP contribution in [0.4, 0.5) is 4.39 Å². The van der Waals surface area contributed by atoms with Crippen LogP contribution in [0, 0.1) is 12.7 Å². The van der Waals surface area contributed by atoms with Gasteiger partial charge < -0.3 is 19.4 Å². The van der Waals surface area contributed by atoms with Crippen LogP contribution in [-0.4, -0.2) is 46.3 Å². The molecule has 2 heterocycles. The molecule has 3 aromatic carbocycles. The van der Waals surface area contributed by atoms with Crippen LogP contribution in [0.3, 0.4) is 0 Å². The second-order valence-corrected chi connectivity index (χ2v) is 11.6. The van der Waals surface area contributed by atoms with Gasteiger partial charge in [-0.05, 0) is 92.8 Å². The predicted molar refractivity (Wildman–Crippen MR) is 178 cm³/mol. The predicted octanol–water partition coefficient (Wildman–Crippen LogP) is 8.10. The average molecular weight is 609 g/mol. The topological polar surface area (TPSA) is 79.8 Å². The lowest BCUT2D eigenvalue weighted by Gasteiger charge is -2.30. The molecule has 1 aliphatic heterocycles. The molecule has 0 atom stereocenters. The normalized spacial score (nSPS) is 14.7. The van der Waals surface area contributed by atoms with E-state index in [9.17, 15) is 9.18 Å². The van der Waals surface area contributed by atoms with Crippen LogP contribution in [0.2, 0.25) is 0 Å². The van der Waals surface area contributed by atoms with Crippen LogP contribution in [0.25, 0.3) is 22.2 Å². The fourth-order valence-corrected chi connectivity index (χ4v) is 5.75. The number of benzene rings is 3. The first kappa shape index (κ1) is 31.7. The van der Waals surface area contributed by atoms with Crippen molar-refractivity contribution in [1.82, 2.24) is 14.9 Å². The summed E-state index contributed by atoms with van der Waals surface area (Å²) in [6, 6.07) is 19.3. The van der Waals surface area contributed by atoms with Crippen molar-refractivity contribution in [2.24, 2.45) is 4.99 Å². The number of nitrogens with one attached hydrogen (secondary N) is 1. The first-order chi connectivity index (χ1) is 21.6. The van der Waals surface area contributed by atoms with Gasteiger partial charge in [-0.3, -0.25) is 9.79 Å². The fourth-order valence-electron chi connectivity index (χ4n) is 5.75. The Morgan fingerprint density at radius 3 is 2.51 bits per heavy atom. The van der Waals surface area contributed by atoms with Gasteiger partial charge in [0, 0.05) is 42.4 Å². The fraction of sp³-hybridized carbons (Fsp3) is 0.324. The molecule has 1 aromatic heterocycles. The van der Waals surface area contributed by atoms with Crippen LogP contribution in [0.5, 0.6) is 5.75 Å². The molecule has 1 aliphatic rings. The van der Waals surface area contributed by atoms with Gasteiger partial charge in [0.1, 0.15) is 30.6 Å². The maximum atomic E-state index is 13.8. The van der Waals surface area contributed by atoms with Crippen LogP contribution in [0.1, 0.15) is 58.0 Å². The SMILES string of the molecule is CC/C(C)=C(/C(Cc1ccc(F)cc1)=C(/C)N=C(C)COC(C)=O)N1CCOc2ccc(-c3ccc4nc(C)[nH]c4c3)cc2C1. The minimum Gasteiger partial charge on any atom is -0.491 e. The van der Waals surface area contributed by atoms with Crippen molar-refractivity contribution in [2.75, 3.05) is 19.8 Å². The molecular weight excluding hydrogens is 567 g/mol. The van der Waals surface area contributed by atoms with Gasteiger partial charge in [-0.1, -0.05) is 31.2 Å². The first-order valence-corrected chi connectivity index (χ1v) is 15.4. The van der Waals surface area contributed by atoms with Gasteiger partial charge in [0.25, 0.3) is 0 Å². The van der Waals surface area contributed by atoms with Gasteiger partial charge in [-0.25, -0.2) is 9.37 Å². The number of halogens is 1. The van der Waals surface area contributed by atoms with Crippen molar-refractivity contribution in [3.8, 4) is 16.9 Å². The maximum absolute atomic E-state index is 13.8. The number of allylic oxidation sites excluding steroid dienone is 3. The van der Waals surface area contributed by atoms with Crippen molar-refractivity contribution < 1.29 is 18.7 Å². The Hall–Kier alpha value is -4.72. The smallest absolute Gasteiger partial charge is 0.303 e. The largest absolute Gasteiger partial charge is 0.491 e. The third-order valence-electron chi connectivity index (χ3n) is 8.08. The number of aliphatic imine (C=N–C) groups is 1. The number of aryl methyl sites for hydroxylation is 1. The molecule has 0 unspecified atom stereocenters. The number of esters is 1. The average Bonchev–Trinajstić information content (AvgIpc) is 3.26. The van der Waals surface area contributed by atoms with Gasteiger partial charge in [-0.15, -0.1) is 0 Å². The zero-order chi connectivity index (χ0) is 32.1. The quantitative estimate of drug-likeness (QED) is 0.118. The van der Waals surface area contributed by atoms with Gasteiger partial charge in [0.2, 0.25) is 0 Å². The van der Waals surface area contributed by atoms with Crippen molar-refractivity contribution in [1.29, 1.82) is 0 Å². The highest BCUT2D eigenvalue weighted by molar-refractivity contribution is 5.86. The van der Waals surface area contributed by atoms with E-state index in [-0.39, 0.29) is 18.4 Å². The zero-order valence-corrected chi connectivity index (χ0v) is 27.0. The number of carbonyl (C=O) groups excluding carboxylic acids is 1. The summed E-state index contributed by atoms with van der Waals surface area (Å²) in [4.78, 5) is 26.6. The van der Waals surface area contributed by atoms with E-state index < -0.39 is 0 Å². The third kappa shape index (κ3) is 7.69. The summed E-state index contributed by atoms with van der Waals surface area (Å²) in [6.07, 6.45) is 1.41. The van der Waals surface area contributed by atoms with E-state index in [1.807, 2.05) is 39.0 Å². The third-order valence-corrected chi connectivity index (χ3v) is 8.08. The number of hydrogen-bond acceptors (Lipinski definition) is 6. The molecule has 0 saturated carbocycles. The van der Waals surface area contributed by atoms with Gasteiger partial charge in [0.15, 0.2) is 0 Å². The second kappa shape index (κ2) is 13.9. The second-order valence-electron chi connectivity index (χ2n) is 11.6. The molecule has 0 spiro atoms. The van der Waals surface area contributed by atoms with Crippen LogP contribution >= 0.6 is 0 Å². The first-order valence-electron chi connectivity index (χ1n) is 15.4. The summed E-state index contributed by atoms with van der Waals surface area (Å²) in [5.41, 5.74) is 11.2. The molecule has 5 rings (SSSR count). The van der Waals surface area contributed by atoms with Crippen molar-refractivity contribution in [3.05, 3.63) is 106 Å². The van der Waals surface area contributed by atoms with Gasteiger partial charge in [0.05, 0.1) is 23.3 Å². The number of aromatic amines is 1. The number of rotatable bonds is 9. The molecule has 0 radical (unpaired) electrons. The summed E-state index contributed by atoms with van der Waals surface area (Å²) in [7, 11) is 0. The van der Waals surface area contributed by atoms with E-state index in [1.165, 1.54) is 24.6 Å². The number of imidazole rings is 1. The highest BCUT2D eigenvalue weighted by Gasteiger charge is 2.24. The van der Waals surface area contributed by atoms with E-state index in [2.05, 4.69) is 59.0 Å². The molecule has 45 heavy (non-hydrogen) atoms. The zero-order valence-electron chi connectivity index (χ0n) is 27.0. The lowest BCUT2D eigenvalue weighted by Crippen LogP contribution is -2.28. The van der Waals surface area contributed by atoms with Crippen LogP contribution < -0.4 is 4.74 Å². The van der Waals surface area contributed by atoms with Gasteiger partial charge >= 0.3 is 5.97 Å². The molecule has 0 aliphatic carbocycles. The minimum absolute atomic E-state index is 0.125. The number of nitrogens with zero attached hydrogens (tertiary/aromatic N) is 3. The Morgan fingerprint density at radius 2 is 1.78 bits per heavy atom. The number of fused-ring (bicyclic) bond motifs is 2. The van der Waals surface area contributed by atoms with Crippen molar-refractivity contribution >= 4 is 22.7 Å². The number of H-pyrrole nitrogens is 1. The summed E-state index contributed by atoms with van der Waals surface area (Å²) < 4.78 is 25.3. The summed E-state index contributed by atoms with van der Waals surface area (Å²) in [5.74, 6) is 1.16. The molecular formula is C37H41FN4O3. The van der Waals surface area contributed by atoms with Crippen LogP contribution in [-0.2, 0) is 22.5 Å². The highest BCUT2D eigenvalue weighted by Crippen LogP contribution is 2.35. The maximum Gasteiger partial charge on any atom is 0.303 e. The molecule has 8 heteroatoms. The Morgan fingerprint density at radius 1 is 1.04 bits per heavy atom. The number of carbonyl (C=O) groups is 1. The summed E-state index contributed by atoms with van der Waals surface area (Å²) in [6.45, 7) is 13.5. The Bertz CT molecular complexity index is 1800. The van der Waals surface area contributed by atoms with E-state index in [4.69, 9.17) is 14.5 Å². The van der Waals surface area contributed by atoms with E-state index in [0.717, 1.165) is 68.2 Å². The highest BCUT2D eigenvalue weighted by atomic mass is 19.1. The molecule has 1 N–H and O–H groups in total. The van der Waals surface area contributed by atoms with E-state index >= 15 is 0 Å². The number of ether oxygens (including phenoxy) is 2.